The van der Waals surface area contributed by atoms with Gasteiger partial charge in [-0.3, -0.25) is 0 Å². The Bertz CT molecular complexity index is 569. The molecule has 1 aromatic carbocycles. The lowest BCUT2D eigenvalue weighted by Gasteiger charge is -2.21. The summed E-state index contributed by atoms with van der Waals surface area (Å²) in [7, 11) is 0. The van der Waals surface area contributed by atoms with Gasteiger partial charge < -0.3 is 9.84 Å². The average molecular weight is 354 g/mol. The first-order valence-corrected chi connectivity index (χ1v) is 8.62. The van der Waals surface area contributed by atoms with Crippen LogP contribution in [0, 0.1) is 0 Å². The average Bonchev–Trinajstić information content (AvgIpc) is 2.90. The van der Waals surface area contributed by atoms with Crippen LogP contribution in [-0.2, 0) is 12.8 Å². The van der Waals surface area contributed by atoms with Gasteiger partial charge in [-0.25, -0.2) is 0 Å². The Morgan fingerprint density at radius 3 is 3.10 bits per heavy atom. The molecule has 0 radical (unpaired) electrons. The van der Waals surface area contributed by atoms with Crippen LogP contribution in [0.25, 0.3) is 0 Å². The highest BCUT2D eigenvalue weighted by molar-refractivity contribution is 9.10. The minimum atomic E-state index is 0.450. The number of halogens is 1. The van der Waals surface area contributed by atoms with Crippen LogP contribution >= 0.6 is 27.7 Å². The highest BCUT2D eigenvalue weighted by Gasteiger charge is 2.17. The van der Waals surface area contributed by atoms with E-state index in [-0.39, 0.29) is 0 Å². The number of nitrogens with zero attached hydrogens (tertiary/aromatic N) is 2. The molecule has 1 aliphatic heterocycles. The minimum Gasteiger partial charge on any atom is -0.339 e. The number of thioether (sulfide) groups is 1. The van der Waals surface area contributed by atoms with E-state index in [0.29, 0.717) is 12.5 Å². The summed E-state index contributed by atoms with van der Waals surface area (Å²) in [6.45, 7) is 1.06. The van der Waals surface area contributed by atoms with E-state index in [1.807, 2.05) is 30.0 Å². The predicted molar refractivity (Wildman–Crippen MR) is 84.1 cm³/mol. The second kappa shape index (κ2) is 6.74. The summed E-state index contributed by atoms with van der Waals surface area (Å²) in [5.74, 6) is 3.78. The number of nitrogens with one attached hydrogen (secondary N) is 1. The predicted octanol–water partition coefficient (Wildman–Crippen LogP) is 2.67. The second-order valence-corrected chi connectivity index (χ2v) is 6.81. The molecule has 0 saturated carbocycles. The zero-order valence-electron chi connectivity index (χ0n) is 11.0. The molecule has 0 amide bonds. The largest absolute Gasteiger partial charge is 0.339 e. The van der Waals surface area contributed by atoms with Gasteiger partial charge in [-0.15, -0.1) is 0 Å². The first-order chi connectivity index (χ1) is 9.81. The molecule has 2 aromatic rings. The van der Waals surface area contributed by atoms with Crippen molar-refractivity contribution in [2.45, 2.75) is 18.9 Å². The lowest BCUT2D eigenvalue weighted by molar-refractivity contribution is 0.359. The van der Waals surface area contributed by atoms with Crippen LogP contribution in [-0.4, -0.2) is 34.2 Å². The fourth-order valence-corrected chi connectivity index (χ4v) is 3.59. The van der Waals surface area contributed by atoms with Gasteiger partial charge in [0.2, 0.25) is 5.89 Å². The number of hydrogen-bond donors (Lipinski definition) is 1. The van der Waals surface area contributed by atoms with Gasteiger partial charge in [0.1, 0.15) is 0 Å². The van der Waals surface area contributed by atoms with Gasteiger partial charge in [0.05, 0.1) is 0 Å². The second-order valence-electron chi connectivity index (χ2n) is 4.80. The van der Waals surface area contributed by atoms with E-state index < -0.39 is 0 Å². The van der Waals surface area contributed by atoms with Crippen LogP contribution in [0.2, 0.25) is 0 Å². The Labute approximate surface area is 130 Å². The molecule has 0 aliphatic carbocycles. The topological polar surface area (TPSA) is 51.0 Å². The van der Waals surface area contributed by atoms with Gasteiger partial charge >= 0.3 is 0 Å². The van der Waals surface area contributed by atoms with Crippen molar-refractivity contribution < 1.29 is 4.52 Å². The molecule has 2 heterocycles. The van der Waals surface area contributed by atoms with Gasteiger partial charge in [-0.1, -0.05) is 39.3 Å². The summed E-state index contributed by atoms with van der Waals surface area (Å²) in [6.07, 6.45) is 1.51. The molecule has 106 valence electrons. The Morgan fingerprint density at radius 1 is 1.40 bits per heavy atom. The molecule has 1 atom stereocenters. The van der Waals surface area contributed by atoms with Crippen molar-refractivity contribution in [2.24, 2.45) is 0 Å². The van der Waals surface area contributed by atoms with Crippen LogP contribution in [0.4, 0.5) is 0 Å². The van der Waals surface area contributed by atoms with Crippen molar-refractivity contribution in [3.05, 3.63) is 46.0 Å². The summed E-state index contributed by atoms with van der Waals surface area (Å²) < 4.78 is 6.43. The monoisotopic (exact) mass is 353 g/mol. The number of hydrogen-bond acceptors (Lipinski definition) is 5. The molecule has 1 fully saturated rings. The molecule has 1 aliphatic rings. The fourth-order valence-electron chi connectivity index (χ4n) is 2.22. The van der Waals surface area contributed by atoms with Crippen molar-refractivity contribution in [1.82, 2.24) is 15.5 Å². The normalized spacial score (nSPS) is 19.1. The molecule has 6 heteroatoms. The van der Waals surface area contributed by atoms with Gasteiger partial charge in [0, 0.05) is 41.4 Å². The van der Waals surface area contributed by atoms with Crippen LogP contribution in [0.15, 0.2) is 33.3 Å². The third-order valence-electron chi connectivity index (χ3n) is 3.24. The number of benzene rings is 1. The van der Waals surface area contributed by atoms with E-state index in [9.17, 15) is 0 Å². The van der Waals surface area contributed by atoms with Crippen molar-refractivity contribution in [1.29, 1.82) is 0 Å². The van der Waals surface area contributed by atoms with E-state index in [2.05, 4.69) is 37.5 Å². The van der Waals surface area contributed by atoms with Crippen LogP contribution in [0.5, 0.6) is 0 Å². The van der Waals surface area contributed by atoms with E-state index in [1.165, 1.54) is 11.3 Å². The standard InChI is InChI=1S/C14H16BrN3OS/c15-12-4-2-1-3-10(12)7-13-17-14(19-18-13)8-11-9-20-6-5-16-11/h1-4,11,16H,5-9H2. The van der Waals surface area contributed by atoms with E-state index >= 15 is 0 Å². The molecule has 20 heavy (non-hydrogen) atoms. The molecule has 0 spiro atoms. The van der Waals surface area contributed by atoms with E-state index in [1.54, 1.807) is 0 Å². The maximum absolute atomic E-state index is 5.35. The highest BCUT2D eigenvalue weighted by atomic mass is 79.9. The molecule has 1 aromatic heterocycles. The molecular formula is C14H16BrN3OS. The Morgan fingerprint density at radius 2 is 2.30 bits per heavy atom. The van der Waals surface area contributed by atoms with E-state index in [4.69, 9.17) is 4.52 Å². The maximum Gasteiger partial charge on any atom is 0.228 e. The lowest BCUT2D eigenvalue weighted by Crippen LogP contribution is -2.38. The van der Waals surface area contributed by atoms with Gasteiger partial charge in [-0.05, 0) is 11.6 Å². The maximum atomic E-state index is 5.35. The Balaban J connectivity index is 1.63. The summed E-state index contributed by atoms with van der Waals surface area (Å²) in [5.41, 5.74) is 1.17. The summed E-state index contributed by atoms with van der Waals surface area (Å²) >= 11 is 5.52. The highest BCUT2D eigenvalue weighted by Crippen LogP contribution is 2.19. The quantitative estimate of drug-likeness (QED) is 0.915. The molecular weight excluding hydrogens is 338 g/mol. The van der Waals surface area contributed by atoms with Gasteiger partial charge in [0.25, 0.3) is 0 Å². The van der Waals surface area contributed by atoms with Crippen LogP contribution < -0.4 is 5.32 Å². The molecule has 3 rings (SSSR count). The van der Waals surface area contributed by atoms with Gasteiger partial charge in [-0.2, -0.15) is 16.7 Å². The van der Waals surface area contributed by atoms with Crippen molar-refractivity contribution >= 4 is 27.7 Å². The van der Waals surface area contributed by atoms with E-state index in [0.717, 1.165) is 34.9 Å². The first-order valence-electron chi connectivity index (χ1n) is 6.67. The Kier molecular flexibility index (Phi) is 4.75. The number of rotatable bonds is 4. The molecule has 1 N–H and O–H groups in total. The molecule has 1 saturated heterocycles. The van der Waals surface area contributed by atoms with Crippen LogP contribution in [0.3, 0.4) is 0 Å². The van der Waals surface area contributed by atoms with Gasteiger partial charge in [0.15, 0.2) is 5.82 Å². The zero-order chi connectivity index (χ0) is 13.8. The number of aromatic nitrogens is 2. The molecule has 0 bridgehead atoms. The van der Waals surface area contributed by atoms with Crippen molar-refractivity contribution in [3.63, 3.8) is 0 Å². The third kappa shape index (κ3) is 3.62. The molecule has 1 unspecified atom stereocenters. The summed E-state index contributed by atoms with van der Waals surface area (Å²) in [6, 6.07) is 8.57. The van der Waals surface area contributed by atoms with Crippen molar-refractivity contribution in [2.75, 3.05) is 18.1 Å². The summed E-state index contributed by atoms with van der Waals surface area (Å²) in [4.78, 5) is 4.49. The van der Waals surface area contributed by atoms with Crippen LogP contribution in [0.1, 0.15) is 17.3 Å². The Hall–Kier alpha value is -0.850. The fraction of sp³-hybridized carbons (Fsp3) is 0.429. The minimum absolute atomic E-state index is 0.450. The summed E-state index contributed by atoms with van der Waals surface area (Å²) in [5, 5.41) is 7.56. The SMILES string of the molecule is Brc1ccccc1Cc1noc(CC2CSCCN2)n1. The lowest BCUT2D eigenvalue weighted by atomic mass is 10.1. The third-order valence-corrected chi connectivity index (χ3v) is 5.14. The first kappa shape index (κ1) is 14.1. The zero-order valence-corrected chi connectivity index (χ0v) is 13.4. The molecule has 4 nitrogen and oxygen atoms in total. The van der Waals surface area contributed by atoms with Crippen molar-refractivity contribution in [3.8, 4) is 0 Å². The smallest absolute Gasteiger partial charge is 0.228 e.